The predicted molar refractivity (Wildman–Crippen MR) is 116 cm³/mol. The molecule has 1 fully saturated rings. The molecule has 1 heterocycles. The zero-order valence-corrected chi connectivity index (χ0v) is 18.1. The maximum absolute atomic E-state index is 12.9. The number of carbonyl (C=O) groups is 1. The quantitative estimate of drug-likeness (QED) is 0.721. The molecule has 0 spiro atoms. The number of phenols is 1. The maximum Gasteiger partial charge on any atom is 0.236 e. The minimum atomic E-state index is -0.0812. The smallest absolute Gasteiger partial charge is 0.236 e. The summed E-state index contributed by atoms with van der Waals surface area (Å²) in [5.74, 6) is 1.06. The third kappa shape index (κ3) is 6.21. The molecule has 0 saturated carbocycles. The third-order valence-electron chi connectivity index (χ3n) is 5.16. The Morgan fingerprint density at radius 3 is 2.53 bits per heavy atom. The number of amides is 1. The van der Waals surface area contributed by atoms with Gasteiger partial charge in [0.15, 0.2) is 11.5 Å². The van der Waals surface area contributed by atoms with Crippen molar-refractivity contribution >= 4 is 5.91 Å². The van der Waals surface area contributed by atoms with Gasteiger partial charge in [-0.2, -0.15) is 0 Å². The van der Waals surface area contributed by atoms with Crippen LogP contribution in [0.15, 0.2) is 48.5 Å². The molecular weight excluding hydrogens is 380 g/mol. The van der Waals surface area contributed by atoms with E-state index in [2.05, 4.69) is 18.7 Å². The Hall–Kier alpha value is -2.57. The molecule has 3 rings (SSSR count). The molecule has 0 aliphatic carbocycles. The van der Waals surface area contributed by atoms with E-state index in [0.717, 1.165) is 17.7 Å². The van der Waals surface area contributed by atoms with E-state index >= 15 is 0 Å². The molecule has 6 nitrogen and oxygen atoms in total. The molecule has 1 aliphatic heterocycles. The van der Waals surface area contributed by atoms with Gasteiger partial charge in [-0.3, -0.25) is 9.69 Å². The molecule has 1 atom stereocenters. The van der Waals surface area contributed by atoms with Gasteiger partial charge in [-0.15, -0.1) is 0 Å². The minimum Gasteiger partial charge on any atom is -0.504 e. The monoisotopic (exact) mass is 412 g/mol. The number of carbonyl (C=O) groups excluding carboxylic acids is 1. The van der Waals surface area contributed by atoms with Crippen LogP contribution in [0.3, 0.4) is 0 Å². The van der Waals surface area contributed by atoms with Gasteiger partial charge in [0.25, 0.3) is 0 Å². The van der Waals surface area contributed by atoms with E-state index < -0.39 is 0 Å². The Bertz CT molecular complexity index is 825. The highest BCUT2D eigenvalue weighted by Crippen LogP contribution is 2.27. The number of rotatable bonds is 8. The largest absolute Gasteiger partial charge is 0.504 e. The van der Waals surface area contributed by atoms with Crippen LogP contribution >= 0.6 is 0 Å². The molecule has 0 aromatic heterocycles. The maximum atomic E-state index is 12.9. The van der Waals surface area contributed by atoms with E-state index in [1.54, 1.807) is 12.1 Å². The van der Waals surface area contributed by atoms with Crippen molar-refractivity contribution in [3.63, 3.8) is 0 Å². The molecular formula is C24H32N2O4. The standard InChI is InChI=1S/C24H32N2O4/c1-18(2)12-26-15-21(30-17-19-7-5-4-6-8-19)14-25(16-24(26)28)13-20-9-10-23(29-3)22(27)11-20/h4-11,18,21,27H,12-17H2,1-3H3/t21-/m0/s1. The van der Waals surface area contributed by atoms with Gasteiger partial charge in [0.1, 0.15) is 0 Å². The van der Waals surface area contributed by atoms with Gasteiger partial charge in [-0.25, -0.2) is 0 Å². The molecule has 2 aromatic carbocycles. The Balaban J connectivity index is 1.72. The van der Waals surface area contributed by atoms with Gasteiger partial charge >= 0.3 is 0 Å². The van der Waals surface area contributed by atoms with E-state index in [-0.39, 0.29) is 17.8 Å². The fraction of sp³-hybridized carbons (Fsp3) is 0.458. The minimum absolute atomic E-state index is 0.0812. The molecule has 2 aromatic rings. The lowest BCUT2D eigenvalue weighted by atomic mass is 10.1. The molecule has 1 aliphatic rings. The zero-order chi connectivity index (χ0) is 21.5. The highest BCUT2D eigenvalue weighted by atomic mass is 16.5. The van der Waals surface area contributed by atoms with E-state index in [1.807, 2.05) is 41.3 Å². The summed E-state index contributed by atoms with van der Waals surface area (Å²) in [6, 6.07) is 15.4. The lowest BCUT2D eigenvalue weighted by molar-refractivity contribution is -0.132. The fourth-order valence-electron chi connectivity index (χ4n) is 3.77. The average molecular weight is 413 g/mol. The summed E-state index contributed by atoms with van der Waals surface area (Å²) in [5.41, 5.74) is 2.05. The molecule has 1 N–H and O–H groups in total. The summed E-state index contributed by atoms with van der Waals surface area (Å²) >= 11 is 0. The summed E-state index contributed by atoms with van der Waals surface area (Å²) in [4.78, 5) is 16.9. The van der Waals surface area contributed by atoms with Crippen molar-refractivity contribution in [3.05, 3.63) is 59.7 Å². The van der Waals surface area contributed by atoms with Crippen molar-refractivity contribution in [3.8, 4) is 11.5 Å². The second kappa shape index (κ2) is 10.5. The average Bonchev–Trinajstić information content (AvgIpc) is 2.85. The van der Waals surface area contributed by atoms with Crippen LogP contribution in [-0.4, -0.2) is 60.2 Å². The highest BCUT2D eigenvalue weighted by molar-refractivity contribution is 5.78. The second-order valence-electron chi connectivity index (χ2n) is 8.29. The number of benzene rings is 2. The van der Waals surface area contributed by atoms with E-state index in [9.17, 15) is 9.90 Å². The normalized spacial score (nSPS) is 17.9. The third-order valence-corrected chi connectivity index (χ3v) is 5.16. The first-order valence-corrected chi connectivity index (χ1v) is 10.5. The number of aromatic hydroxyl groups is 1. The van der Waals surface area contributed by atoms with Crippen LogP contribution in [0.5, 0.6) is 11.5 Å². The fourth-order valence-corrected chi connectivity index (χ4v) is 3.77. The molecule has 0 unspecified atom stereocenters. The predicted octanol–water partition coefficient (Wildman–Crippen LogP) is 3.29. The molecule has 30 heavy (non-hydrogen) atoms. The lowest BCUT2D eigenvalue weighted by Gasteiger charge is -2.26. The first kappa shape index (κ1) is 22.1. The van der Waals surface area contributed by atoms with Crippen LogP contribution < -0.4 is 4.74 Å². The van der Waals surface area contributed by atoms with Crippen LogP contribution in [0.25, 0.3) is 0 Å². The Labute approximate surface area is 179 Å². The summed E-state index contributed by atoms with van der Waals surface area (Å²) < 4.78 is 11.4. The molecule has 6 heteroatoms. The SMILES string of the molecule is COc1ccc(CN2CC(=O)N(CC(C)C)C[C@@H](OCc3ccccc3)C2)cc1O. The van der Waals surface area contributed by atoms with Crippen molar-refractivity contribution in [2.45, 2.75) is 33.1 Å². The van der Waals surface area contributed by atoms with Gasteiger partial charge in [0, 0.05) is 26.2 Å². The summed E-state index contributed by atoms with van der Waals surface area (Å²) in [5, 5.41) is 10.1. The van der Waals surface area contributed by atoms with Crippen molar-refractivity contribution in [2.75, 3.05) is 33.3 Å². The number of hydrogen-bond donors (Lipinski definition) is 1. The lowest BCUT2D eigenvalue weighted by Crippen LogP contribution is -2.40. The highest BCUT2D eigenvalue weighted by Gasteiger charge is 2.29. The van der Waals surface area contributed by atoms with E-state index in [1.165, 1.54) is 7.11 Å². The van der Waals surface area contributed by atoms with Gasteiger partial charge in [0.2, 0.25) is 5.91 Å². The van der Waals surface area contributed by atoms with E-state index in [4.69, 9.17) is 9.47 Å². The first-order valence-electron chi connectivity index (χ1n) is 10.5. The molecule has 1 saturated heterocycles. The number of nitrogens with zero attached hydrogens (tertiary/aromatic N) is 2. The van der Waals surface area contributed by atoms with Crippen LogP contribution in [0.1, 0.15) is 25.0 Å². The van der Waals surface area contributed by atoms with Crippen LogP contribution in [-0.2, 0) is 22.7 Å². The van der Waals surface area contributed by atoms with Crippen molar-refractivity contribution in [1.82, 2.24) is 9.80 Å². The topological polar surface area (TPSA) is 62.2 Å². The molecule has 0 bridgehead atoms. The Morgan fingerprint density at radius 1 is 1.10 bits per heavy atom. The van der Waals surface area contributed by atoms with Gasteiger partial charge in [0.05, 0.1) is 26.4 Å². The molecule has 162 valence electrons. The number of ether oxygens (including phenoxy) is 2. The number of methoxy groups -OCH3 is 1. The van der Waals surface area contributed by atoms with Gasteiger partial charge in [-0.05, 0) is 29.2 Å². The van der Waals surface area contributed by atoms with Gasteiger partial charge < -0.3 is 19.5 Å². The molecule has 1 amide bonds. The van der Waals surface area contributed by atoms with Crippen molar-refractivity contribution in [1.29, 1.82) is 0 Å². The van der Waals surface area contributed by atoms with Crippen LogP contribution in [0.2, 0.25) is 0 Å². The second-order valence-corrected chi connectivity index (χ2v) is 8.29. The molecule has 0 radical (unpaired) electrons. The zero-order valence-electron chi connectivity index (χ0n) is 18.1. The summed E-state index contributed by atoms with van der Waals surface area (Å²) in [6.45, 7) is 7.63. The van der Waals surface area contributed by atoms with Crippen LogP contribution in [0.4, 0.5) is 0 Å². The first-order chi connectivity index (χ1) is 14.4. The summed E-state index contributed by atoms with van der Waals surface area (Å²) in [7, 11) is 1.53. The van der Waals surface area contributed by atoms with Crippen LogP contribution in [0, 0.1) is 5.92 Å². The van der Waals surface area contributed by atoms with Gasteiger partial charge in [-0.1, -0.05) is 50.2 Å². The van der Waals surface area contributed by atoms with Crippen molar-refractivity contribution in [2.24, 2.45) is 5.92 Å². The van der Waals surface area contributed by atoms with Crippen molar-refractivity contribution < 1.29 is 19.4 Å². The van der Waals surface area contributed by atoms with E-state index in [0.29, 0.717) is 44.5 Å². The summed E-state index contributed by atoms with van der Waals surface area (Å²) in [6.07, 6.45) is -0.0812. The number of phenolic OH excluding ortho intramolecular Hbond substituents is 1. The number of hydrogen-bond acceptors (Lipinski definition) is 5. The Morgan fingerprint density at radius 2 is 1.87 bits per heavy atom. The Kier molecular flexibility index (Phi) is 7.71.